The van der Waals surface area contributed by atoms with E-state index in [1.807, 2.05) is 6.92 Å². The lowest BCUT2D eigenvalue weighted by atomic mass is 10.00. The van der Waals surface area contributed by atoms with E-state index in [0.29, 0.717) is 17.9 Å². The lowest BCUT2D eigenvalue weighted by Gasteiger charge is -2.13. The summed E-state index contributed by atoms with van der Waals surface area (Å²) in [5.74, 6) is 1.27. The highest BCUT2D eigenvalue weighted by Gasteiger charge is 2.25. The van der Waals surface area contributed by atoms with Crippen LogP contribution in [0.3, 0.4) is 0 Å². The van der Waals surface area contributed by atoms with Gasteiger partial charge in [-0.05, 0) is 19.8 Å². The molecule has 70 valence electrons. The molecule has 0 saturated carbocycles. The van der Waals surface area contributed by atoms with Gasteiger partial charge >= 0.3 is 0 Å². The molecule has 0 radical (unpaired) electrons. The molecule has 0 aromatic carbocycles. The smallest absolute Gasteiger partial charge is 0.0905 e. The van der Waals surface area contributed by atoms with Crippen LogP contribution in [-0.2, 0) is 4.74 Å². The van der Waals surface area contributed by atoms with Gasteiger partial charge in [-0.1, -0.05) is 6.92 Å². The summed E-state index contributed by atoms with van der Waals surface area (Å²) < 4.78 is 5.54. The van der Waals surface area contributed by atoms with Crippen LogP contribution in [0.4, 0.5) is 0 Å². The van der Waals surface area contributed by atoms with E-state index in [1.165, 1.54) is 0 Å². The van der Waals surface area contributed by atoms with Crippen LogP contribution in [0.15, 0.2) is 4.99 Å². The predicted molar refractivity (Wildman–Crippen MR) is 50.3 cm³/mol. The van der Waals surface area contributed by atoms with E-state index in [0.717, 1.165) is 26.0 Å². The van der Waals surface area contributed by atoms with Gasteiger partial charge in [0.1, 0.15) is 0 Å². The van der Waals surface area contributed by atoms with Crippen molar-refractivity contribution in [1.29, 1.82) is 0 Å². The summed E-state index contributed by atoms with van der Waals surface area (Å²) in [7, 11) is 0. The van der Waals surface area contributed by atoms with Crippen LogP contribution in [0.1, 0.15) is 26.7 Å². The van der Waals surface area contributed by atoms with Crippen LogP contribution in [0, 0.1) is 5.92 Å². The van der Waals surface area contributed by atoms with Crippen molar-refractivity contribution in [2.45, 2.75) is 32.8 Å². The zero-order chi connectivity index (χ0) is 8.97. The first-order valence-electron chi connectivity index (χ1n) is 4.62. The first-order valence-corrected chi connectivity index (χ1v) is 4.62. The topological polar surface area (TPSA) is 47.6 Å². The summed E-state index contributed by atoms with van der Waals surface area (Å²) in [6.07, 6.45) is 2.63. The van der Waals surface area contributed by atoms with Gasteiger partial charge in [0, 0.05) is 19.1 Å². The molecule has 1 fully saturated rings. The molecule has 0 aromatic rings. The summed E-state index contributed by atoms with van der Waals surface area (Å²) in [6, 6.07) is 0. The first-order chi connectivity index (χ1) is 5.74. The fraction of sp³-hybridized carbons (Fsp3) is 0.889. The monoisotopic (exact) mass is 170 g/mol. The summed E-state index contributed by atoms with van der Waals surface area (Å²) in [4.78, 5) is 4.22. The molecule has 2 unspecified atom stereocenters. The van der Waals surface area contributed by atoms with Crippen LogP contribution in [0.2, 0.25) is 0 Å². The number of ether oxygens (including phenoxy) is 1. The molecule has 1 rings (SSSR count). The second-order valence-electron chi connectivity index (χ2n) is 3.35. The Kier molecular flexibility index (Phi) is 3.53. The van der Waals surface area contributed by atoms with Crippen LogP contribution in [0.5, 0.6) is 0 Å². The van der Waals surface area contributed by atoms with Gasteiger partial charge in [-0.3, -0.25) is 4.99 Å². The fourth-order valence-electron chi connectivity index (χ4n) is 1.61. The molecular formula is C9H18N2O. The second kappa shape index (κ2) is 4.45. The van der Waals surface area contributed by atoms with Crippen molar-refractivity contribution in [3.8, 4) is 0 Å². The number of amidine groups is 1. The molecule has 0 bridgehead atoms. The molecule has 0 aromatic heterocycles. The van der Waals surface area contributed by atoms with Crippen molar-refractivity contribution in [2.24, 2.45) is 16.6 Å². The molecule has 1 heterocycles. The van der Waals surface area contributed by atoms with Crippen LogP contribution < -0.4 is 5.73 Å². The molecule has 1 saturated heterocycles. The molecule has 0 aliphatic carbocycles. The molecule has 12 heavy (non-hydrogen) atoms. The van der Waals surface area contributed by atoms with Crippen molar-refractivity contribution >= 4 is 5.84 Å². The number of nitrogens with zero attached hydrogens (tertiary/aromatic N) is 1. The Hall–Kier alpha value is -0.570. The molecule has 3 heteroatoms. The summed E-state index contributed by atoms with van der Waals surface area (Å²) in [6.45, 7) is 5.71. The zero-order valence-electron chi connectivity index (χ0n) is 7.92. The average molecular weight is 170 g/mol. The maximum atomic E-state index is 5.54. The minimum Gasteiger partial charge on any atom is -0.388 e. The van der Waals surface area contributed by atoms with Gasteiger partial charge in [-0.25, -0.2) is 0 Å². The number of rotatable bonds is 3. The van der Waals surface area contributed by atoms with E-state index < -0.39 is 0 Å². The Bertz CT molecular complexity index is 164. The van der Waals surface area contributed by atoms with Crippen molar-refractivity contribution in [3.05, 3.63) is 0 Å². The number of hydrogen-bond donors (Lipinski definition) is 1. The van der Waals surface area contributed by atoms with E-state index in [4.69, 9.17) is 10.5 Å². The van der Waals surface area contributed by atoms with E-state index >= 15 is 0 Å². The molecule has 0 amide bonds. The highest BCUT2D eigenvalue weighted by Crippen LogP contribution is 2.23. The standard InChI is InChI=1S/C9H18N2O/c1-3-9-8(4-5-12-9)6-11-7(2)10/h8-9H,3-6H2,1-2H3,(H2,10,11). The Balaban J connectivity index is 2.35. The average Bonchev–Trinajstić information content (AvgIpc) is 2.47. The largest absolute Gasteiger partial charge is 0.388 e. The van der Waals surface area contributed by atoms with Gasteiger partial charge in [0.25, 0.3) is 0 Å². The van der Waals surface area contributed by atoms with Gasteiger partial charge in [-0.2, -0.15) is 0 Å². The quantitative estimate of drug-likeness (QED) is 0.510. The molecule has 3 nitrogen and oxygen atoms in total. The van der Waals surface area contributed by atoms with Gasteiger partial charge < -0.3 is 10.5 Å². The van der Waals surface area contributed by atoms with Crippen LogP contribution in [0.25, 0.3) is 0 Å². The molecule has 0 spiro atoms. The van der Waals surface area contributed by atoms with Crippen molar-refractivity contribution in [1.82, 2.24) is 0 Å². The number of hydrogen-bond acceptors (Lipinski definition) is 2. The lowest BCUT2D eigenvalue weighted by molar-refractivity contribution is 0.0893. The number of nitrogens with two attached hydrogens (primary N) is 1. The molecule has 2 N–H and O–H groups in total. The summed E-state index contributed by atoms with van der Waals surface area (Å²) in [5.41, 5.74) is 5.47. The van der Waals surface area contributed by atoms with Gasteiger partial charge in [-0.15, -0.1) is 0 Å². The molecular weight excluding hydrogens is 152 g/mol. The van der Waals surface area contributed by atoms with Gasteiger partial charge in [0.15, 0.2) is 0 Å². The maximum absolute atomic E-state index is 5.54. The third kappa shape index (κ3) is 2.48. The molecule has 1 aliphatic rings. The predicted octanol–water partition coefficient (Wildman–Crippen LogP) is 1.18. The Morgan fingerprint density at radius 1 is 1.67 bits per heavy atom. The summed E-state index contributed by atoms with van der Waals surface area (Å²) >= 11 is 0. The minimum absolute atomic E-state index is 0.410. The first kappa shape index (κ1) is 9.52. The van der Waals surface area contributed by atoms with E-state index in [1.54, 1.807) is 0 Å². The Labute approximate surface area is 74.0 Å². The Morgan fingerprint density at radius 2 is 2.42 bits per heavy atom. The number of aliphatic imine (C=N–C) groups is 1. The SMILES string of the molecule is CCC1OCCC1CN=C(C)N. The van der Waals surface area contributed by atoms with Crippen molar-refractivity contribution in [2.75, 3.05) is 13.2 Å². The highest BCUT2D eigenvalue weighted by molar-refractivity contribution is 5.77. The maximum Gasteiger partial charge on any atom is 0.0905 e. The lowest BCUT2D eigenvalue weighted by Crippen LogP contribution is -2.19. The Morgan fingerprint density at radius 3 is 3.00 bits per heavy atom. The second-order valence-corrected chi connectivity index (χ2v) is 3.35. The third-order valence-electron chi connectivity index (χ3n) is 2.32. The van der Waals surface area contributed by atoms with E-state index in [-0.39, 0.29) is 0 Å². The van der Waals surface area contributed by atoms with E-state index in [9.17, 15) is 0 Å². The zero-order valence-corrected chi connectivity index (χ0v) is 7.92. The minimum atomic E-state index is 0.410. The van der Waals surface area contributed by atoms with E-state index in [2.05, 4.69) is 11.9 Å². The van der Waals surface area contributed by atoms with Gasteiger partial charge in [0.2, 0.25) is 0 Å². The summed E-state index contributed by atoms with van der Waals surface area (Å²) in [5, 5.41) is 0. The fourth-order valence-corrected chi connectivity index (χ4v) is 1.61. The third-order valence-corrected chi connectivity index (χ3v) is 2.32. The van der Waals surface area contributed by atoms with Crippen molar-refractivity contribution in [3.63, 3.8) is 0 Å². The highest BCUT2D eigenvalue weighted by atomic mass is 16.5. The molecule has 1 aliphatic heterocycles. The van der Waals surface area contributed by atoms with Gasteiger partial charge in [0.05, 0.1) is 11.9 Å². The van der Waals surface area contributed by atoms with Crippen molar-refractivity contribution < 1.29 is 4.74 Å². The van der Waals surface area contributed by atoms with Crippen LogP contribution in [-0.4, -0.2) is 25.1 Å². The molecule has 2 atom stereocenters. The normalized spacial score (nSPS) is 31.0. The van der Waals surface area contributed by atoms with Crippen LogP contribution >= 0.6 is 0 Å².